The third-order valence-electron chi connectivity index (χ3n) is 3.96. The van der Waals surface area contributed by atoms with E-state index in [1.807, 2.05) is 11.8 Å². The Balaban J connectivity index is 1.92. The second-order valence-electron chi connectivity index (χ2n) is 5.02. The molecule has 0 aliphatic carbocycles. The third-order valence-corrected chi connectivity index (χ3v) is 3.96. The van der Waals surface area contributed by atoms with Crippen LogP contribution in [0.5, 0.6) is 0 Å². The summed E-state index contributed by atoms with van der Waals surface area (Å²) in [4.78, 5) is 16.2. The Bertz CT molecular complexity index is 257. The number of hydrogen-bond donors (Lipinski definition) is 1. The zero-order valence-corrected chi connectivity index (χ0v) is 10.4. The van der Waals surface area contributed by atoms with Crippen LogP contribution in [0.3, 0.4) is 0 Å². The summed E-state index contributed by atoms with van der Waals surface area (Å²) in [5, 5.41) is 2.90. The topological polar surface area (TPSA) is 35.6 Å². The van der Waals surface area contributed by atoms with E-state index in [4.69, 9.17) is 0 Å². The average Bonchev–Trinajstić information content (AvgIpc) is 2.29. The number of nitrogens with zero attached hydrogens (tertiary/aromatic N) is 2. The molecule has 2 aliphatic heterocycles. The molecule has 0 radical (unpaired) electrons. The molecule has 0 spiro atoms. The molecule has 1 N–H and O–H groups in total. The molecule has 0 aromatic heterocycles. The Hall–Kier alpha value is -0.770. The number of nitrogens with one attached hydrogen (secondary N) is 1. The molecule has 2 amide bonds. The number of urea groups is 1. The number of amides is 2. The maximum Gasteiger partial charge on any atom is 0.317 e. The van der Waals surface area contributed by atoms with Gasteiger partial charge in [0.15, 0.2) is 0 Å². The summed E-state index contributed by atoms with van der Waals surface area (Å²) < 4.78 is 0. The van der Waals surface area contributed by atoms with Crippen LogP contribution in [0.4, 0.5) is 4.79 Å². The van der Waals surface area contributed by atoms with Gasteiger partial charge >= 0.3 is 6.03 Å². The Morgan fingerprint density at radius 1 is 1.38 bits per heavy atom. The molecule has 0 saturated carbocycles. The molecule has 2 saturated heterocycles. The SMILES string of the molecule is CCNC(=O)N1CCC2C(CCCN2C)C1. The van der Waals surface area contributed by atoms with Gasteiger partial charge < -0.3 is 15.1 Å². The van der Waals surface area contributed by atoms with Gasteiger partial charge in [-0.1, -0.05) is 0 Å². The van der Waals surface area contributed by atoms with Crippen LogP contribution in [0.15, 0.2) is 0 Å². The van der Waals surface area contributed by atoms with Crippen molar-refractivity contribution in [1.82, 2.24) is 15.1 Å². The highest BCUT2D eigenvalue weighted by Crippen LogP contribution is 2.29. The smallest absolute Gasteiger partial charge is 0.317 e. The fraction of sp³-hybridized carbons (Fsp3) is 0.917. The maximum atomic E-state index is 11.8. The molecular weight excluding hydrogens is 202 g/mol. The number of carbonyl (C=O) groups excluding carboxylic acids is 1. The number of fused-ring (bicyclic) bond motifs is 1. The van der Waals surface area contributed by atoms with Gasteiger partial charge in [0.2, 0.25) is 0 Å². The van der Waals surface area contributed by atoms with Crippen molar-refractivity contribution < 1.29 is 4.79 Å². The van der Waals surface area contributed by atoms with Crippen molar-refractivity contribution in [1.29, 1.82) is 0 Å². The lowest BCUT2D eigenvalue weighted by atomic mass is 9.84. The quantitative estimate of drug-likeness (QED) is 0.726. The van der Waals surface area contributed by atoms with Gasteiger partial charge in [0.05, 0.1) is 0 Å². The highest BCUT2D eigenvalue weighted by atomic mass is 16.2. The van der Waals surface area contributed by atoms with E-state index >= 15 is 0 Å². The molecular formula is C12H23N3O. The van der Waals surface area contributed by atoms with E-state index in [2.05, 4.69) is 17.3 Å². The molecule has 0 aromatic rings. The first-order valence-electron chi connectivity index (χ1n) is 6.45. The molecule has 2 fully saturated rings. The second kappa shape index (κ2) is 5.04. The van der Waals surface area contributed by atoms with Crippen molar-refractivity contribution >= 4 is 6.03 Å². The summed E-state index contributed by atoms with van der Waals surface area (Å²) in [6, 6.07) is 0.827. The molecule has 2 rings (SSSR count). The van der Waals surface area contributed by atoms with Crippen LogP contribution in [0, 0.1) is 5.92 Å². The standard InChI is InChI=1S/C12H23N3O/c1-3-13-12(16)15-8-6-11-10(9-15)5-4-7-14(11)2/h10-11H,3-9H2,1-2H3,(H,13,16). The zero-order chi connectivity index (χ0) is 11.5. The molecule has 4 heteroatoms. The van der Waals surface area contributed by atoms with E-state index in [-0.39, 0.29) is 6.03 Å². The van der Waals surface area contributed by atoms with Crippen LogP contribution in [-0.4, -0.2) is 55.1 Å². The summed E-state index contributed by atoms with van der Waals surface area (Å²) in [7, 11) is 2.22. The zero-order valence-electron chi connectivity index (χ0n) is 10.4. The second-order valence-corrected chi connectivity index (χ2v) is 5.02. The predicted octanol–water partition coefficient (Wildman–Crippen LogP) is 1.13. The summed E-state index contributed by atoms with van der Waals surface area (Å²) >= 11 is 0. The van der Waals surface area contributed by atoms with Crippen LogP contribution < -0.4 is 5.32 Å². The molecule has 16 heavy (non-hydrogen) atoms. The van der Waals surface area contributed by atoms with Gasteiger partial charge in [0, 0.05) is 25.7 Å². The van der Waals surface area contributed by atoms with Crippen LogP contribution >= 0.6 is 0 Å². The number of carbonyl (C=O) groups is 1. The number of likely N-dealkylation sites (tertiary alicyclic amines) is 2. The Labute approximate surface area is 98.0 Å². The fourth-order valence-corrected chi connectivity index (χ4v) is 3.10. The highest BCUT2D eigenvalue weighted by molar-refractivity contribution is 5.74. The maximum absolute atomic E-state index is 11.8. The van der Waals surface area contributed by atoms with Gasteiger partial charge in [-0.05, 0) is 45.7 Å². The van der Waals surface area contributed by atoms with Crippen molar-refractivity contribution in [3.63, 3.8) is 0 Å². The Morgan fingerprint density at radius 3 is 2.94 bits per heavy atom. The Morgan fingerprint density at radius 2 is 2.19 bits per heavy atom. The predicted molar refractivity (Wildman–Crippen MR) is 64.4 cm³/mol. The lowest BCUT2D eigenvalue weighted by molar-refractivity contribution is 0.0517. The van der Waals surface area contributed by atoms with E-state index in [1.165, 1.54) is 19.4 Å². The van der Waals surface area contributed by atoms with Gasteiger partial charge in [0.1, 0.15) is 0 Å². The first-order chi connectivity index (χ1) is 7.72. The molecule has 2 unspecified atom stereocenters. The molecule has 0 aromatic carbocycles. The van der Waals surface area contributed by atoms with Gasteiger partial charge in [-0.2, -0.15) is 0 Å². The number of hydrogen-bond acceptors (Lipinski definition) is 2. The van der Waals surface area contributed by atoms with Crippen LogP contribution in [-0.2, 0) is 0 Å². The monoisotopic (exact) mass is 225 g/mol. The summed E-state index contributed by atoms with van der Waals surface area (Å²) in [5.41, 5.74) is 0. The van der Waals surface area contributed by atoms with E-state index in [0.717, 1.165) is 26.1 Å². The fourth-order valence-electron chi connectivity index (χ4n) is 3.10. The van der Waals surface area contributed by atoms with E-state index in [0.29, 0.717) is 12.0 Å². The number of piperidine rings is 2. The van der Waals surface area contributed by atoms with Crippen molar-refractivity contribution in [3.8, 4) is 0 Å². The minimum absolute atomic E-state index is 0.120. The first kappa shape index (κ1) is 11.7. The van der Waals surface area contributed by atoms with Crippen molar-refractivity contribution in [2.45, 2.75) is 32.2 Å². The minimum Gasteiger partial charge on any atom is -0.338 e. The van der Waals surface area contributed by atoms with Crippen LogP contribution in [0.1, 0.15) is 26.2 Å². The molecule has 2 aliphatic rings. The highest BCUT2D eigenvalue weighted by Gasteiger charge is 2.35. The molecule has 2 heterocycles. The van der Waals surface area contributed by atoms with Crippen molar-refractivity contribution in [2.75, 3.05) is 33.2 Å². The van der Waals surface area contributed by atoms with E-state index < -0.39 is 0 Å². The molecule has 4 nitrogen and oxygen atoms in total. The lowest BCUT2D eigenvalue weighted by Crippen LogP contribution is -2.55. The molecule has 2 atom stereocenters. The average molecular weight is 225 g/mol. The molecule has 92 valence electrons. The van der Waals surface area contributed by atoms with Crippen molar-refractivity contribution in [2.24, 2.45) is 5.92 Å². The lowest BCUT2D eigenvalue weighted by Gasteiger charge is -2.45. The van der Waals surface area contributed by atoms with Crippen LogP contribution in [0.25, 0.3) is 0 Å². The van der Waals surface area contributed by atoms with Crippen molar-refractivity contribution in [3.05, 3.63) is 0 Å². The normalized spacial score (nSPS) is 31.0. The van der Waals surface area contributed by atoms with Gasteiger partial charge in [-0.3, -0.25) is 0 Å². The van der Waals surface area contributed by atoms with Gasteiger partial charge in [-0.15, -0.1) is 0 Å². The first-order valence-corrected chi connectivity index (χ1v) is 6.45. The van der Waals surface area contributed by atoms with Gasteiger partial charge in [-0.25, -0.2) is 4.79 Å². The minimum atomic E-state index is 0.120. The van der Waals surface area contributed by atoms with Gasteiger partial charge in [0.25, 0.3) is 0 Å². The summed E-state index contributed by atoms with van der Waals surface area (Å²) in [6.07, 6.45) is 3.70. The van der Waals surface area contributed by atoms with E-state index in [9.17, 15) is 4.79 Å². The summed E-state index contributed by atoms with van der Waals surface area (Å²) in [6.45, 7) is 5.78. The summed E-state index contributed by atoms with van der Waals surface area (Å²) in [5.74, 6) is 0.690. The third kappa shape index (κ3) is 2.32. The number of rotatable bonds is 1. The largest absolute Gasteiger partial charge is 0.338 e. The van der Waals surface area contributed by atoms with Crippen LogP contribution in [0.2, 0.25) is 0 Å². The van der Waals surface area contributed by atoms with E-state index in [1.54, 1.807) is 0 Å². The molecule has 0 bridgehead atoms. The Kier molecular flexibility index (Phi) is 3.69.